The van der Waals surface area contributed by atoms with Crippen molar-refractivity contribution in [2.45, 2.75) is 26.2 Å². The molecule has 35 heavy (non-hydrogen) atoms. The number of rotatable bonds is 8. The molecule has 0 aliphatic heterocycles. The standard InChI is InChI=1S/C25H31N7O2S/c1-5-31(11-10-30(2)3)25(33)16-6-7-18-21(12-16)35-24-22(18)23(26-15-27-24)29-19-13-17-8-9-28-32(17)14-20(19)34-4/h8-9,13-16H,5-7,10-12H2,1-4H3,(H,26,27,29)/t16-/m0/s1. The Kier molecular flexibility index (Phi) is 6.57. The van der Waals surface area contributed by atoms with Gasteiger partial charge in [-0.1, -0.05) is 0 Å². The number of likely N-dealkylation sites (N-methyl/N-ethyl adjacent to an activating group) is 2. The molecule has 1 aliphatic rings. The van der Waals surface area contributed by atoms with Crippen molar-refractivity contribution in [3.05, 3.63) is 41.3 Å². The highest BCUT2D eigenvalue weighted by Gasteiger charge is 2.31. The van der Waals surface area contributed by atoms with E-state index < -0.39 is 0 Å². The lowest BCUT2D eigenvalue weighted by Gasteiger charge is -2.29. The van der Waals surface area contributed by atoms with Gasteiger partial charge in [0.15, 0.2) is 5.75 Å². The fraction of sp³-hybridized carbons (Fsp3) is 0.440. The third kappa shape index (κ3) is 4.55. The molecule has 0 saturated heterocycles. The maximum atomic E-state index is 13.3. The van der Waals surface area contributed by atoms with Crippen LogP contribution in [0.2, 0.25) is 0 Å². The van der Waals surface area contributed by atoms with Crippen LogP contribution < -0.4 is 10.1 Å². The molecule has 4 aromatic rings. The summed E-state index contributed by atoms with van der Waals surface area (Å²) in [6.45, 7) is 4.44. The van der Waals surface area contributed by atoms with E-state index in [-0.39, 0.29) is 11.8 Å². The Labute approximate surface area is 208 Å². The summed E-state index contributed by atoms with van der Waals surface area (Å²) in [6, 6.07) is 3.95. The number of aryl methyl sites for hydroxylation is 1. The zero-order valence-corrected chi connectivity index (χ0v) is 21.4. The normalized spacial score (nSPS) is 15.5. The molecule has 0 spiro atoms. The van der Waals surface area contributed by atoms with Crippen LogP contribution >= 0.6 is 11.3 Å². The minimum absolute atomic E-state index is 0.0198. The molecule has 0 aromatic carbocycles. The molecule has 5 rings (SSSR count). The molecule has 1 N–H and O–H groups in total. The molecule has 1 aliphatic carbocycles. The molecular weight excluding hydrogens is 462 g/mol. The third-order valence-corrected chi connectivity index (χ3v) is 7.84. The fourth-order valence-corrected chi connectivity index (χ4v) is 6.02. The highest BCUT2D eigenvalue weighted by Crippen LogP contribution is 2.41. The van der Waals surface area contributed by atoms with E-state index in [1.807, 2.05) is 37.3 Å². The number of nitrogens with zero attached hydrogens (tertiary/aromatic N) is 6. The average Bonchev–Trinajstić information content (AvgIpc) is 3.47. The number of methoxy groups -OCH3 is 1. The van der Waals surface area contributed by atoms with Gasteiger partial charge in [-0.2, -0.15) is 5.10 Å². The molecule has 0 unspecified atom stereocenters. The number of ether oxygens (including phenoxy) is 1. The molecule has 4 aromatic heterocycles. The smallest absolute Gasteiger partial charge is 0.226 e. The summed E-state index contributed by atoms with van der Waals surface area (Å²) >= 11 is 1.68. The zero-order chi connectivity index (χ0) is 24.5. The Hall–Kier alpha value is -3.24. The first-order valence-electron chi connectivity index (χ1n) is 12.0. The molecular formula is C25H31N7O2S. The second-order valence-corrected chi connectivity index (χ2v) is 10.2. The van der Waals surface area contributed by atoms with Crippen LogP contribution in [0.15, 0.2) is 30.9 Å². The van der Waals surface area contributed by atoms with Crippen LogP contribution in [-0.4, -0.2) is 76.1 Å². The zero-order valence-electron chi connectivity index (χ0n) is 20.6. The second-order valence-electron chi connectivity index (χ2n) is 9.15. The maximum absolute atomic E-state index is 13.3. The van der Waals surface area contributed by atoms with Crippen molar-refractivity contribution >= 4 is 44.5 Å². The molecule has 0 radical (unpaired) electrons. The van der Waals surface area contributed by atoms with Gasteiger partial charge < -0.3 is 19.9 Å². The number of nitrogens with one attached hydrogen (secondary N) is 1. The van der Waals surface area contributed by atoms with Crippen molar-refractivity contribution in [3.8, 4) is 5.75 Å². The summed E-state index contributed by atoms with van der Waals surface area (Å²) in [5, 5.41) is 8.82. The van der Waals surface area contributed by atoms with Crippen molar-refractivity contribution in [2.24, 2.45) is 5.92 Å². The molecule has 10 heteroatoms. The van der Waals surface area contributed by atoms with Gasteiger partial charge in [-0.05, 0) is 58.0 Å². The molecule has 0 fully saturated rings. The van der Waals surface area contributed by atoms with Crippen LogP contribution in [0.25, 0.3) is 15.7 Å². The van der Waals surface area contributed by atoms with Crippen molar-refractivity contribution in [1.29, 1.82) is 0 Å². The van der Waals surface area contributed by atoms with E-state index in [1.54, 1.807) is 35.5 Å². The summed E-state index contributed by atoms with van der Waals surface area (Å²) in [7, 11) is 5.73. The number of aromatic nitrogens is 4. The number of anilines is 2. The minimum atomic E-state index is 0.0198. The van der Waals surface area contributed by atoms with E-state index in [0.29, 0.717) is 5.75 Å². The van der Waals surface area contributed by atoms with Crippen LogP contribution in [0, 0.1) is 5.92 Å². The number of pyridine rings is 1. The van der Waals surface area contributed by atoms with Crippen molar-refractivity contribution in [1.82, 2.24) is 29.4 Å². The average molecular weight is 494 g/mol. The fourth-order valence-electron chi connectivity index (χ4n) is 4.75. The van der Waals surface area contributed by atoms with Gasteiger partial charge in [-0.3, -0.25) is 4.79 Å². The molecule has 9 nitrogen and oxygen atoms in total. The summed E-state index contributed by atoms with van der Waals surface area (Å²) in [5.74, 6) is 1.73. The van der Waals surface area contributed by atoms with Crippen molar-refractivity contribution in [3.63, 3.8) is 0 Å². The Bertz CT molecular complexity index is 1360. The minimum Gasteiger partial charge on any atom is -0.493 e. The summed E-state index contributed by atoms with van der Waals surface area (Å²) < 4.78 is 7.38. The Balaban J connectivity index is 1.43. The number of fused-ring (bicyclic) bond motifs is 4. The quantitative estimate of drug-likeness (QED) is 0.401. The highest BCUT2D eigenvalue weighted by molar-refractivity contribution is 7.19. The third-order valence-electron chi connectivity index (χ3n) is 6.68. The maximum Gasteiger partial charge on any atom is 0.226 e. The van der Waals surface area contributed by atoms with Crippen LogP contribution in [0.3, 0.4) is 0 Å². The molecule has 4 heterocycles. The van der Waals surface area contributed by atoms with E-state index in [2.05, 4.69) is 32.2 Å². The number of amides is 1. The lowest BCUT2D eigenvalue weighted by atomic mass is 9.87. The van der Waals surface area contributed by atoms with Gasteiger partial charge in [-0.25, -0.2) is 14.5 Å². The second kappa shape index (κ2) is 9.79. The van der Waals surface area contributed by atoms with E-state index in [1.165, 1.54) is 10.4 Å². The molecule has 1 atom stereocenters. The van der Waals surface area contributed by atoms with Crippen LogP contribution in [0.4, 0.5) is 11.5 Å². The van der Waals surface area contributed by atoms with Crippen LogP contribution in [0.5, 0.6) is 5.75 Å². The Morgan fingerprint density at radius 1 is 1.31 bits per heavy atom. The van der Waals surface area contributed by atoms with E-state index >= 15 is 0 Å². The lowest BCUT2D eigenvalue weighted by Crippen LogP contribution is -2.41. The first-order valence-corrected chi connectivity index (χ1v) is 12.8. The first-order chi connectivity index (χ1) is 17.0. The summed E-state index contributed by atoms with van der Waals surface area (Å²) in [5.41, 5.74) is 3.05. The first kappa shape index (κ1) is 23.5. The lowest BCUT2D eigenvalue weighted by molar-refractivity contribution is -0.135. The molecule has 1 amide bonds. The van der Waals surface area contributed by atoms with Crippen LogP contribution in [0.1, 0.15) is 23.8 Å². The van der Waals surface area contributed by atoms with Crippen molar-refractivity contribution < 1.29 is 9.53 Å². The summed E-state index contributed by atoms with van der Waals surface area (Å²) in [6.07, 6.45) is 7.66. The van der Waals surface area contributed by atoms with Gasteiger partial charge in [0.2, 0.25) is 5.91 Å². The van der Waals surface area contributed by atoms with Gasteiger partial charge in [0.25, 0.3) is 0 Å². The number of hydrogen-bond donors (Lipinski definition) is 1. The molecule has 0 bridgehead atoms. The predicted molar refractivity (Wildman–Crippen MR) is 139 cm³/mol. The predicted octanol–water partition coefficient (Wildman–Crippen LogP) is 3.61. The van der Waals surface area contributed by atoms with Crippen LogP contribution in [-0.2, 0) is 17.6 Å². The highest BCUT2D eigenvalue weighted by atomic mass is 32.1. The largest absolute Gasteiger partial charge is 0.493 e. The van der Waals surface area contributed by atoms with Gasteiger partial charge in [0.05, 0.1) is 29.9 Å². The van der Waals surface area contributed by atoms with E-state index in [9.17, 15) is 4.79 Å². The number of carbonyl (C=O) groups excluding carboxylic acids is 1. The number of thiophene rings is 1. The summed E-state index contributed by atoms with van der Waals surface area (Å²) in [4.78, 5) is 28.7. The number of carbonyl (C=O) groups is 1. The Morgan fingerprint density at radius 3 is 2.94 bits per heavy atom. The van der Waals surface area contributed by atoms with Gasteiger partial charge >= 0.3 is 0 Å². The van der Waals surface area contributed by atoms with E-state index in [4.69, 9.17) is 4.74 Å². The van der Waals surface area contributed by atoms with Crippen molar-refractivity contribution in [2.75, 3.05) is 46.2 Å². The van der Waals surface area contributed by atoms with Gasteiger partial charge in [-0.15, -0.1) is 11.3 Å². The number of hydrogen-bond acceptors (Lipinski definition) is 8. The monoisotopic (exact) mass is 493 g/mol. The van der Waals surface area contributed by atoms with E-state index in [0.717, 1.165) is 66.1 Å². The molecule has 184 valence electrons. The van der Waals surface area contributed by atoms with Gasteiger partial charge in [0, 0.05) is 36.6 Å². The topological polar surface area (TPSA) is 87.9 Å². The Morgan fingerprint density at radius 2 is 2.17 bits per heavy atom. The SMILES string of the molecule is CCN(CCN(C)C)C(=O)[C@H]1CCc2c(sc3ncnc(Nc4cc5ccnn5cc4OC)c23)C1. The van der Waals surface area contributed by atoms with Gasteiger partial charge in [0.1, 0.15) is 17.0 Å². The molecule has 0 saturated carbocycles.